The van der Waals surface area contributed by atoms with E-state index in [1.54, 1.807) is 0 Å². The fourth-order valence-electron chi connectivity index (χ4n) is 2.60. The van der Waals surface area contributed by atoms with Crippen molar-refractivity contribution >= 4 is 10.9 Å². The first-order valence-corrected chi connectivity index (χ1v) is 6.31. The molecule has 2 N–H and O–H groups in total. The van der Waals surface area contributed by atoms with Crippen molar-refractivity contribution in [2.45, 2.75) is 18.9 Å². The zero-order chi connectivity index (χ0) is 13.4. The summed E-state index contributed by atoms with van der Waals surface area (Å²) in [4.78, 5) is 27.0. The van der Waals surface area contributed by atoms with Crippen LogP contribution in [0.5, 0.6) is 0 Å². The van der Waals surface area contributed by atoms with Gasteiger partial charge >= 0.3 is 5.69 Å². The second-order valence-electron chi connectivity index (χ2n) is 4.78. The molecule has 1 aromatic carbocycles. The predicted octanol–water partition coefficient (Wildman–Crippen LogP) is 0.753. The van der Waals surface area contributed by atoms with Gasteiger partial charge in [0.25, 0.3) is 5.56 Å². The Morgan fingerprint density at radius 3 is 2.68 bits per heavy atom. The Morgan fingerprint density at radius 1 is 1.21 bits per heavy atom. The molecule has 0 amide bonds. The maximum Gasteiger partial charge on any atom is 0.329 e. The van der Waals surface area contributed by atoms with Gasteiger partial charge in [0.2, 0.25) is 0 Å². The monoisotopic (exact) mass is 263 g/mol. The van der Waals surface area contributed by atoms with E-state index in [1.807, 2.05) is 0 Å². The van der Waals surface area contributed by atoms with Crippen molar-refractivity contribution in [3.05, 3.63) is 44.9 Å². The van der Waals surface area contributed by atoms with E-state index >= 15 is 0 Å². The Balaban J connectivity index is 2.22. The lowest BCUT2D eigenvalue weighted by molar-refractivity contribution is 0.352. The van der Waals surface area contributed by atoms with Crippen LogP contribution in [0.3, 0.4) is 0 Å². The summed E-state index contributed by atoms with van der Waals surface area (Å²) >= 11 is 0. The highest BCUT2D eigenvalue weighted by atomic mass is 19.1. The summed E-state index contributed by atoms with van der Waals surface area (Å²) in [7, 11) is 0. The van der Waals surface area contributed by atoms with Crippen LogP contribution in [0.1, 0.15) is 18.9 Å². The molecule has 0 saturated carbocycles. The van der Waals surface area contributed by atoms with Crippen LogP contribution in [0, 0.1) is 5.82 Å². The lowest BCUT2D eigenvalue weighted by atomic mass is 10.1. The number of fused-ring (bicyclic) bond motifs is 1. The van der Waals surface area contributed by atoms with Crippen molar-refractivity contribution in [1.82, 2.24) is 14.9 Å². The van der Waals surface area contributed by atoms with Gasteiger partial charge in [0.1, 0.15) is 5.82 Å². The fourth-order valence-corrected chi connectivity index (χ4v) is 2.60. The molecule has 3 rings (SSSR count). The molecule has 0 aliphatic carbocycles. The standard InChI is InChI=1S/C13H14FN3O2/c14-8-1-2-10-11(7-8)16-13(19)17(12(10)18)9-3-5-15-6-4-9/h1-2,7,9,15H,3-6H2,(H,16,19). The summed E-state index contributed by atoms with van der Waals surface area (Å²) in [5.41, 5.74) is -0.555. The molecule has 100 valence electrons. The highest BCUT2D eigenvalue weighted by molar-refractivity contribution is 5.77. The van der Waals surface area contributed by atoms with Crippen LogP contribution in [-0.2, 0) is 0 Å². The first kappa shape index (κ1) is 12.1. The van der Waals surface area contributed by atoms with E-state index in [4.69, 9.17) is 0 Å². The van der Waals surface area contributed by atoms with E-state index in [2.05, 4.69) is 10.3 Å². The summed E-state index contributed by atoms with van der Waals surface area (Å²) in [5.74, 6) is -0.470. The van der Waals surface area contributed by atoms with Gasteiger partial charge in [-0.1, -0.05) is 0 Å². The molecule has 1 aliphatic heterocycles. The average molecular weight is 263 g/mol. The minimum atomic E-state index is -0.470. The summed E-state index contributed by atoms with van der Waals surface area (Å²) in [6.45, 7) is 1.58. The largest absolute Gasteiger partial charge is 0.329 e. The van der Waals surface area contributed by atoms with Gasteiger partial charge in [-0.15, -0.1) is 0 Å². The normalized spacial score (nSPS) is 16.9. The molecule has 1 aromatic heterocycles. The van der Waals surface area contributed by atoms with E-state index in [-0.39, 0.29) is 17.1 Å². The first-order valence-electron chi connectivity index (χ1n) is 6.31. The molecular weight excluding hydrogens is 249 g/mol. The third-order valence-electron chi connectivity index (χ3n) is 3.57. The number of nitrogens with one attached hydrogen (secondary N) is 2. The van der Waals surface area contributed by atoms with Gasteiger partial charge in [-0.3, -0.25) is 9.36 Å². The second-order valence-corrected chi connectivity index (χ2v) is 4.78. The average Bonchev–Trinajstić information content (AvgIpc) is 2.39. The number of H-pyrrole nitrogens is 1. The molecule has 0 spiro atoms. The molecule has 0 unspecified atom stereocenters. The Bertz CT molecular complexity index is 729. The van der Waals surface area contributed by atoms with Gasteiger partial charge in [-0.05, 0) is 44.1 Å². The van der Waals surface area contributed by atoms with Crippen molar-refractivity contribution in [3.63, 3.8) is 0 Å². The zero-order valence-corrected chi connectivity index (χ0v) is 10.3. The Morgan fingerprint density at radius 2 is 1.95 bits per heavy atom. The molecule has 2 heterocycles. The molecule has 1 fully saturated rings. The van der Waals surface area contributed by atoms with Crippen LogP contribution in [0.15, 0.2) is 27.8 Å². The number of nitrogens with zero attached hydrogens (tertiary/aromatic N) is 1. The van der Waals surface area contributed by atoms with E-state index in [0.717, 1.165) is 25.9 Å². The Kier molecular flexibility index (Phi) is 2.94. The van der Waals surface area contributed by atoms with E-state index in [9.17, 15) is 14.0 Å². The molecule has 0 bridgehead atoms. The number of aromatic amines is 1. The quantitative estimate of drug-likeness (QED) is 0.798. The van der Waals surface area contributed by atoms with Gasteiger partial charge < -0.3 is 10.3 Å². The minimum absolute atomic E-state index is 0.0908. The van der Waals surface area contributed by atoms with Crippen LogP contribution in [0.4, 0.5) is 4.39 Å². The van der Waals surface area contributed by atoms with Crippen molar-refractivity contribution in [1.29, 1.82) is 0 Å². The first-order chi connectivity index (χ1) is 9.16. The topological polar surface area (TPSA) is 66.9 Å². The maximum absolute atomic E-state index is 13.1. The van der Waals surface area contributed by atoms with Crippen LogP contribution in [-0.4, -0.2) is 22.6 Å². The number of hydrogen-bond acceptors (Lipinski definition) is 3. The summed E-state index contributed by atoms with van der Waals surface area (Å²) in [5, 5.41) is 3.54. The van der Waals surface area contributed by atoms with Gasteiger partial charge in [-0.2, -0.15) is 0 Å². The number of hydrogen-bond donors (Lipinski definition) is 2. The van der Waals surface area contributed by atoms with Crippen molar-refractivity contribution in [2.75, 3.05) is 13.1 Å². The van der Waals surface area contributed by atoms with E-state index < -0.39 is 11.5 Å². The fraction of sp³-hybridized carbons (Fsp3) is 0.385. The predicted molar refractivity (Wildman–Crippen MR) is 69.9 cm³/mol. The molecule has 6 heteroatoms. The number of rotatable bonds is 1. The zero-order valence-electron chi connectivity index (χ0n) is 10.3. The highest BCUT2D eigenvalue weighted by Crippen LogP contribution is 2.15. The molecule has 1 aliphatic rings. The van der Waals surface area contributed by atoms with Crippen LogP contribution in [0.25, 0.3) is 10.9 Å². The van der Waals surface area contributed by atoms with Gasteiger partial charge in [0.05, 0.1) is 10.9 Å². The summed E-state index contributed by atoms with van der Waals surface area (Å²) in [6, 6.07) is 3.73. The molecular formula is C13H14FN3O2. The van der Waals surface area contributed by atoms with Gasteiger partial charge in [0, 0.05) is 6.04 Å². The minimum Gasteiger partial charge on any atom is -0.317 e. The lowest BCUT2D eigenvalue weighted by Gasteiger charge is -2.23. The molecule has 0 atom stereocenters. The number of aromatic nitrogens is 2. The summed E-state index contributed by atoms with van der Waals surface area (Å²) in [6.07, 6.45) is 1.49. The lowest BCUT2D eigenvalue weighted by Crippen LogP contribution is -2.42. The van der Waals surface area contributed by atoms with Crippen molar-refractivity contribution in [3.8, 4) is 0 Å². The smallest absolute Gasteiger partial charge is 0.317 e. The van der Waals surface area contributed by atoms with E-state index in [0.29, 0.717) is 5.39 Å². The molecule has 2 aromatic rings. The van der Waals surface area contributed by atoms with Crippen LogP contribution in [0.2, 0.25) is 0 Å². The molecule has 0 radical (unpaired) electrons. The van der Waals surface area contributed by atoms with Crippen LogP contribution < -0.4 is 16.6 Å². The SMILES string of the molecule is O=c1[nH]c2cc(F)ccc2c(=O)n1C1CCNCC1. The molecule has 5 nitrogen and oxygen atoms in total. The number of benzene rings is 1. The Labute approximate surface area is 108 Å². The third kappa shape index (κ3) is 2.08. The maximum atomic E-state index is 13.1. The molecule has 1 saturated heterocycles. The Hall–Kier alpha value is -1.95. The second kappa shape index (κ2) is 4.62. The number of piperidine rings is 1. The molecule has 19 heavy (non-hydrogen) atoms. The van der Waals surface area contributed by atoms with Crippen LogP contribution >= 0.6 is 0 Å². The van der Waals surface area contributed by atoms with Gasteiger partial charge in [0.15, 0.2) is 0 Å². The van der Waals surface area contributed by atoms with Gasteiger partial charge in [-0.25, -0.2) is 9.18 Å². The van der Waals surface area contributed by atoms with E-state index in [1.165, 1.54) is 22.8 Å². The van der Waals surface area contributed by atoms with Crippen molar-refractivity contribution < 1.29 is 4.39 Å². The van der Waals surface area contributed by atoms with Crippen molar-refractivity contribution in [2.24, 2.45) is 0 Å². The third-order valence-corrected chi connectivity index (χ3v) is 3.57. The number of halogens is 1. The summed E-state index contributed by atoms with van der Waals surface area (Å²) < 4.78 is 14.4. The highest BCUT2D eigenvalue weighted by Gasteiger charge is 2.19.